The van der Waals surface area contributed by atoms with E-state index in [-0.39, 0.29) is 12.6 Å². The Bertz CT molecular complexity index is 423. The minimum absolute atomic E-state index is 0.157. The van der Waals surface area contributed by atoms with Gasteiger partial charge in [-0.1, -0.05) is 13.3 Å². The van der Waals surface area contributed by atoms with Crippen molar-refractivity contribution >= 4 is 12.0 Å². The second kappa shape index (κ2) is 8.90. The molecule has 0 fully saturated rings. The Kier molecular flexibility index (Phi) is 7.10. The fraction of sp³-hybridized carbons (Fsp3) is 0.500. The number of carbonyl (C=O) groups is 2. The van der Waals surface area contributed by atoms with E-state index in [4.69, 9.17) is 5.11 Å². The number of carboxylic acid groups (broad SMARTS) is 1. The van der Waals surface area contributed by atoms with Crippen LogP contribution >= 0.6 is 0 Å². The van der Waals surface area contributed by atoms with Gasteiger partial charge in [-0.25, -0.2) is 4.79 Å². The van der Waals surface area contributed by atoms with E-state index >= 15 is 0 Å². The van der Waals surface area contributed by atoms with Crippen LogP contribution in [0.1, 0.15) is 25.3 Å². The minimum Gasteiger partial charge on any atom is -0.481 e. The molecule has 1 aromatic heterocycles. The van der Waals surface area contributed by atoms with Gasteiger partial charge in [0.2, 0.25) is 0 Å². The Labute approximate surface area is 118 Å². The number of nitrogens with one attached hydrogen (secondary N) is 2. The van der Waals surface area contributed by atoms with Crippen molar-refractivity contribution in [2.45, 2.75) is 26.2 Å². The molecule has 1 heterocycles. The maximum absolute atomic E-state index is 11.5. The average molecular weight is 279 g/mol. The third kappa shape index (κ3) is 6.17. The van der Waals surface area contributed by atoms with Crippen LogP contribution in [-0.2, 0) is 11.2 Å². The van der Waals surface area contributed by atoms with Gasteiger partial charge in [0.05, 0.1) is 5.92 Å². The van der Waals surface area contributed by atoms with Crippen molar-refractivity contribution in [2.24, 2.45) is 5.92 Å². The highest BCUT2D eigenvalue weighted by atomic mass is 16.4. The van der Waals surface area contributed by atoms with Crippen molar-refractivity contribution in [1.29, 1.82) is 0 Å². The Morgan fingerprint density at radius 3 is 2.60 bits per heavy atom. The molecule has 1 unspecified atom stereocenters. The second-order valence-corrected chi connectivity index (χ2v) is 4.57. The zero-order valence-corrected chi connectivity index (χ0v) is 11.6. The van der Waals surface area contributed by atoms with Crippen molar-refractivity contribution in [2.75, 3.05) is 13.1 Å². The largest absolute Gasteiger partial charge is 0.481 e. The molecule has 0 bridgehead atoms. The van der Waals surface area contributed by atoms with Crippen LogP contribution < -0.4 is 10.6 Å². The Hall–Kier alpha value is -2.11. The predicted octanol–water partition coefficient (Wildman–Crippen LogP) is 1.42. The number of rotatable bonds is 8. The lowest BCUT2D eigenvalue weighted by atomic mass is 10.0. The first-order chi connectivity index (χ1) is 9.63. The molecular formula is C14H21N3O3. The van der Waals surface area contributed by atoms with E-state index in [1.165, 1.54) is 0 Å². The highest BCUT2D eigenvalue weighted by Crippen LogP contribution is 2.04. The molecule has 110 valence electrons. The lowest BCUT2D eigenvalue weighted by molar-refractivity contribution is -0.141. The van der Waals surface area contributed by atoms with E-state index < -0.39 is 11.9 Å². The van der Waals surface area contributed by atoms with Gasteiger partial charge in [-0.15, -0.1) is 0 Å². The second-order valence-electron chi connectivity index (χ2n) is 4.57. The molecule has 1 aromatic rings. The van der Waals surface area contributed by atoms with Gasteiger partial charge in [0.15, 0.2) is 0 Å². The molecule has 0 saturated heterocycles. The molecule has 0 aliphatic rings. The topological polar surface area (TPSA) is 91.3 Å². The van der Waals surface area contributed by atoms with Crippen molar-refractivity contribution in [3.05, 3.63) is 30.1 Å². The lowest BCUT2D eigenvalue weighted by Gasteiger charge is -2.13. The number of pyridine rings is 1. The number of aliphatic carboxylic acids is 1. The van der Waals surface area contributed by atoms with Crippen LogP contribution in [0.5, 0.6) is 0 Å². The van der Waals surface area contributed by atoms with Gasteiger partial charge in [0.25, 0.3) is 0 Å². The van der Waals surface area contributed by atoms with Gasteiger partial charge in [-0.3, -0.25) is 9.78 Å². The average Bonchev–Trinajstić information content (AvgIpc) is 2.44. The monoisotopic (exact) mass is 279 g/mol. The van der Waals surface area contributed by atoms with Gasteiger partial charge in [-0.2, -0.15) is 0 Å². The summed E-state index contributed by atoms with van der Waals surface area (Å²) in [4.78, 5) is 26.4. The fourth-order valence-corrected chi connectivity index (χ4v) is 1.81. The van der Waals surface area contributed by atoms with E-state index in [2.05, 4.69) is 15.6 Å². The van der Waals surface area contributed by atoms with Crippen LogP contribution in [0.4, 0.5) is 4.79 Å². The molecule has 2 amide bonds. The molecule has 0 radical (unpaired) electrons. The van der Waals surface area contributed by atoms with Crippen LogP contribution in [0, 0.1) is 5.92 Å². The Morgan fingerprint density at radius 2 is 2.00 bits per heavy atom. The molecule has 6 heteroatoms. The molecule has 0 aliphatic carbocycles. The number of hydrogen-bond donors (Lipinski definition) is 3. The molecule has 20 heavy (non-hydrogen) atoms. The summed E-state index contributed by atoms with van der Waals surface area (Å²) < 4.78 is 0. The number of carboxylic acids is 1. The summed E-state index contributed by atoms with van der Waals surface area (Å²) in [6.45, 7) is 2.58. The summed E-state index contributed by atoms with van der Waals surface area (Å²) in [7, 11) is 0. The first kappa shape index (κ1) is 15.9. The molecule has 6 nitrogen and oxygen atoms in total. The third-order valence-electron chi connectivity index (χ3n) is 2.94. The zero-order chi connectivity index (χ0) is 14.8. The number of urea groups is 1. The zero-order valence-electron chi connectivity index (χ0n) is 11.6. The van der Waals surface area contributed by atoms with Crippen LogP contribution in [0.2, 0.25) is 0 Å². The summed E-state index contributed by atoms with van der Waals surface area (Å²) in [5.41, 5.74) is 1.09. The highest BCUT2D eigenvalue weighted by molar-refractivity contribution is 5.75. The number of amides is 2. The highest BCUT2D eigenvalue weighted by Gasteiger charge is 2.16. The molecular weight excluding hydrogens is 258 g/mol. The molecule has 1 rings (SSSR count). The summed E-state index contributed by atoms with van der Waals surface area (Å²) in [5, 5.41) is 14.3. The van der Waals surface area contributed by atoms with Gasteiger partial charge >= 0.3 is 12.0 Å². The SMILES string of the molecule is CCCC(CNC(=O)NCCc1ccncc1)C(=O)O. The molecule has 0 aromatic carbocycles. The van der Waals surface area contributed by atoms with Gasteiger partial charge in [0, 0.05) is 25.5 Å². The van der Waals surface area contributed by atoms with Crippen molar-refractivity contribution < 1.29 is 14.7 Å². The van der Waals surface area contributed by atoms with Crippen molar-refractivity contribution in [3.8, 4) is 0 Å². The smallest absolute Gasteiger partial charge is 0.314 e. The minimum atomic E-state index is -0.871. The lowest BCUT2D eigenvalue weighted by Crippen LogP contribution is -2.40. The number of carbonyl (C=O) groups excluding carboxylic acids is 1. The number of aromatic nitrogens is 1. The Balaban J connectivity index is 2.21. The normalized spacial score (nSPS) is 11.7. The van der Waals surface area contributed by atoms with Gasteiger partial charge in [-0.05, 0) is 30.5 Å². The van der Waals surface area contributed by atoms with E-state index in [9.17, 15) is 9.59 Å². The van der Waals surface area contributed by atoms with Crippen molar-refractivity contribution in [1.82, 2.24) is 15.6 Å². The van der Waals surface area contributed by atoms with E-state index in [0.29, 0.717) is 19.4 Å². The van der Waals surface area contributed by atoms with Crippen molar-refractivity contribution in [3.63, 3.8) is 0 Å². The van der Waals surface area contributed by atoms with E-state index in [0.717, 1.165) is 12.0 Å². The first-order valence-electron chi connectivity index (χ1n) is 6.77. The molecule has 0 saturated carbocycles. The number of nitrogens with zero attached hydrogens (tertiary/aromatic N) is 1. The Morgan fingerprint density at radius 1 is 1.30 bits per heavy atom. The first-order valence-corrected chi connectivity index (χ1v) is 6.77. The van der Waals surface area contributed by atoms with E-state index in [1.54, 1.807) is 12.4 Å². The third-order valence-corrected chi connectivity index (χ3v) is 2.94. The standard InChI is InChI=1S/C14H21N3O3/c1-2-3-12(13(18)19)10-17-14(20)16-9-6-11-4-7-15-8-5-11/h4-5,7-8,12H,2-3,6,9-10H2,1H3,(H,18,19)(H2,16,17,20). The molecule has 0 spiro atoms. The van der Waals surface area contributed by atoms with Crippen LogP contribution in [0.3, 0.4) is 0 Å². The summed E-state index contributed by atoms with van der Waals surface area (Å²) in [6, 6.07) is 3.45. The fourth-order valence-electron chi connectivity index (χ4n) is 1.81. The quantitative estimate of drug-likeness (QED) is 0.671. The maximum Gasteiger partial charge on any atom is 0.314 e. The molecule has 0 aliphatic heterocycles. The molecule has 3 N–H and O–H groups in total. The van der Waals surface area contributed by atoms with Crippen LogP contribution in [0.25, 0.3) is 0 Å². The molecule has 1 atom stereocenters. The van der Waals surface area contributed by atoms with Crippen LogP contribution in [0.15, 0.2) is 24.5 Å². The van der Waals surface area contributed by atoms with Gasteiger partial charge < -0.3 is 15.7 Å². The summed E-state index contributed by atoms with van der Waals surface area (Å²) in [6.07, 6.45) is 5.47. The van der Waals surface area contributed by atoms with E-state index in [1.807, 2.05) is 19.1 Å². The summed E-state index contributed by atoms with van der Waals surface area (Å²) >= 11 is 0. The number of hydrogen-bond acceptors (Lipinski definition) is 3. The summed E-state index contributed by atoms with van der Waals surface area (Å²) in [5.74, 6) is -1.39. The van der Waals surface area contributed by atoms with Crippen LogP contribution in [-0.4, -0.2) is 35.2 Å². The van der Waals surface area contributed by atoms with Gasteiger partial charge in [0.1, 0.15) is 0 Å². The maximum atomic E-state index is 11.5. The predicted molar refractivity (Wildman–Crippen MR) is 75.4 cm³/mol.